The van der Waals surface area contributed by atoms with Crippen molar-refractivity contribution in [3.8, 4) is 5.75 Å². The number of nitro groups is 1. The molecule has 0 aliphatic carbocycles. The van der Waals surface area contributed by atoms with Crippen molar-refractivity contribution >= 4 is 17.3 Å². The van der Waals surface area contributed by atoms with E-state index in [1.165, 1.54) is 13.2 Å². The van der Waals surface area contributed by atoms with E-state index in [2.05, 4.69) is 10.6 Å². The summed E-state index contributed by atoms with van der Waals surface area (Å²) < 4.78 is 18.5. The van der Waals surface area contributed by atoms with Crippen molar-refractivity contribution in [2.75, 3.05) is 19.0 Å². The van der Waals surface area contributed by atoms with Crippen LogP contribution in [0.15, 0.2) is 36.4 Å². The molecule has 0 fully saturated rings. The maximum absolute atomic E-state index is 13.6. The number of carbonyl (C=O) groups excluding carboxylic acids is 1. The lowest BCUT2D eigenvalue weighted by Gasteiger charge is -2.10. The summed E-state index contributed by atoms with van der Waals surface area (Å²) in [6.07, 6.45) is 0. The monoisotopic (exact) mass is 347 g/mol. The lowest BCUT2D eigenvalue weighted by molar-refractivity contribution is -0.384. The summed E-state index contributed by atoms with van der Waals surface area (Å²) in [4.78, 5) is 22.1. The normalized spacial score (nSPS) is 10.2. The molecule has 2 aromatic rings. The second kappa shape index (κ2) is 8.09. The molecule has 0 atom stereocenters. The number of benzene rings is 2. The quantitative estimate of drug-likeness (QED) is 0.593. The Balaban J connectivity index is 2.15. The van der Waals surface area contributed by atoms with Crippen LogP contribution in [0.4, 0.5) is 15.8 Å². The van der Waals surface area contributed by atoms with E-state index in [0.717, 1.165) is 11.6 Å². The Kier molecular flexibility index (Phi) is 5.89. The first kappa shape index (κ1) is 18.2. The van der Waals surface area contributed by atoms with E-state index in [0.29, 0.717) is 12.1 Å². The van der Waals surface area contributed by atoms with Gasteiger partial charge in [0.1, 0.15) is 5.69 Å². The summed E-state index contributed by atoms with van der Waals surface area (Å²) in [5.41, 5.74) is 1.11. The zero-order chi connectivity index (χ0) is 18.4. The molecule has 2 N–H and O–H groups in total. The van der Waals surface area contributed by atoms with Gasteiger partial charge in [0.25, 0.3) is 11.6 Å². The second-order valence-corrected chi connectivity index (χ2v) is 5.17. The summed E-state index contributed by atoms with van der Waals surface area (Å²) >= 11 is 0. The van der Waals surface area contributed by atoms with Crippen LogP contribution in [-0.2, 0) is 6.54 Å². The zero-order valence-electron chi connectivity index (χ0n) is 13.8. The second-order valence-electron chi connectivity index (χ2n) is 5.17. The highest BCUT2D eigenvalue weighted by molar-refractivity contribution is 5.94. The number of amides is 1. The number of nitro benzene ring substituents is 1. The van der Waals surface area contributed by atoms with E-state index in [4.69, 9.17) is 4.74 Å². The van der Waals surface area contributed by atoms with Gasteiger partial charge in [0.05, 0.1) is 18.1 Å². The van der Waals surface area contributed by atoms with Crippen LogP contribution in [-0.4, -0.2) is 24.5 Å². The van der Waals surface area contributed by atoms with Crippen LogP contribution >= 0.6 is 0 Å². The number of rotatable bonds is 7. The molecule has 2 rings (SSSR count). The van der Waals surface area contributed by atoms with Gasteiger partial charge in [-0.15, -0.1) is 0 Å². The topological polar surface area (TPSA) is 93.5 Å². The van der Waals surface area contributed by atoms with Gasteiger partial charge in [-0.3, -0.25) is 14.9 Å². The average Bonchev–Trinajstić information content (AvgIpc) is 2.60. The van der Waals surface area contributed by atoms with E-state index >= 15 is 0 Å². The molecule has 0 radical (unpaired) electrons. The van der Waals surface area contributed by atoms with Crippen LogP contribution in [0.2, 0.25) is 0 Å². The molecule has 7 nitrogen and oxygen atoms in total. The maximum Gasteiger partial charge on any atom is 0.295 e. The molecule has 0 bridgehead atoms. The number of anilines is 1. The minimum atomic E-state index is -0.800. The smallest absolute Gasteiger partial charge is 0.295 e. The largest absolute Gasteiger partial charge is 0.494 e. The molecule has 0 aliphatic rings. The molecular formula is C17H18FN3O4. The Hall–Kier alpha value is -3.16. The van der Waals surface area contributed by atoms with Crippen molar-refractivity contribution in [2.45, 2.75) is 13.5 Å². The van der Waals surface area contributed by atoms with Crippen LogP contribution < -0.4 is 15.4 Å². The highest BCUT2D eigenvalue weighted by Gasteiger charge is 2.18. The first-order chi connectivity index (χ1) is 12.0. The van der Waals surface area contributed by atoms with E-state index in [1.54, 1.807) is 24.3 Å². The van der Waals surface area contributed by atoms with Gasteiger partial charge in [-0.05, 0) is 24.6 Å². The summed E-state index contributed by atoms with van der Waals surface area (Å²) in [6, 6.07) is 8.88. The third-order valence-electron chi connectivity index (χ3n) is 3.50. The lowest BCUT2D eigenvalue weighted by Crippen LogP contribution is -2.22. The van der Waals surface area contributed by atoms with Crippen LogP contribution in [0.3, 0.4) is 0 Å². The molecule has 0 aromatic heterocycles. The first-order valence-corrected chi connectivity index (χ1v) is 7.59. The first-order valence-electron chi connectivity index (χ1n) is 7.59. The third-order valence-corrected chi connectivity index (χ3v) is 3.50. The van der Waals surface area contributed by atoms with Gasteiger partial charge in [0.2, 0.25) is 0 Å². The summed E-state index contributed by atoms with van der Waals surface area (Å²) in [7, 11) is 1.29. The van der Waals surface area contributed by atoms with Crippen molar-refractivity contribution in [1.82, 2.24) is 5.32 Å². The number of hydrogen-bond acceptors (Lipinski definition) is 5. The molecule has 8 heteroatoms. The highest BCUT2D eigenvalue weighted by atomic mass is 19.1. The standard InChI is InChI=1S/C17H18FN3O4/c1-3-19-17(22)12-6-4-11(5-7-12)10-20-14-9-16(25-2)13(18)8-15(14)21(23)24/h4-9,20H,3,10H2,1-2H3,(H,19,22). The zero-order valence-corrected chi connectivity index (χ0v) is 13.8. The summed E-state index contributed by atoms with van der Waals surface area (Å²) in [6.45, 7) is 2.64. The van der Waals surface area contributed by atoms with Crippen LogP contribution in [0, 0.1) is 15.9 Å². The van der Waals surface area contributed by atoms with Crippen LogP contribution in [0.1, 0.15) is 22.8 Å². The average molecular weight is 347 g/mol. The van der Waals surface area contributed by atoms with E-state index in [-0.39, 0.29) is 29.6 Å². The molecule has 0 aliphatic heterocycles. The van der Waals surface area contributed by atoms with Crippen molar-refractivity contribution in [2.24, 2.45) is 0 Å². The number of carbonyl (C=O) groups is 1. The van der Waals surface area contributed by atoms with Crippen molar-refractivity contribution < 1.29 is 18.8 Å². The predicted octanol–water partition coefficient (Wildman–Crippen LogP) is 3.10. The van der Waals surface area contributed by atoms with E-state index in [1.807, 2.05) is 6.92 Å². The maximum atomic E-state index is 13.6. The molecule has 0 spiro atoms. The van der Waals surface area contributed by atoms with Gasteiger partial charge in [-0.25, -0.2) is 4.39 Å². The van der Waals surface area contributed by atoms with Crippen molar-refractivity contribution in [3.63, 3.8) is 0 Å². The van der Waals surface area contributed by atoms with Gasteiger partial charge in [0, 0.05) is 24.7 Å². The Bertz CT molecular complexity index is 778. The van der Waals surface area contributed by atoms with E-state index in [9.17, 15) is 19.3 Å². The van der Waals surface area contributed by atoms with Crippen molar-refractivity contribution in [3.05, 3.63) is 63.5 Å². The van der Waals surface area contributed by atoms with Crippen LogP contribution in [0.25, 0.3) is 0 Å². The SMILES string of the molecule is CCNC(=O)c1ccc(CNc2cc(OC)c(F)cc2[N+](=O)[O-])cc1. The number of nitrogens with zero attached hydrogens (tertiary/aromatic N) is 1. The van der Waals surface area contributed by atoms with Gasteiger partial charge in [-0.2, -0.15) is 0 Å². The van der Waals surface area contributed by atoms with Gasteiger partial charge >= 0.3 is 0 Å². The fraction of sp³-hybridized carbons (Fsp3) is 0.235. The Labute approximate surface area is 144 Å². The Morgan fingerprint density at radius 2 is 1.96 bits per heavy atom. The van der Waals surface area contributed by atoms with Gasteiger partial charge in [0.15, 0.2) is 11.6 Å². The fourth-order valence-corrected chi connectivity index (χ4v) is 2.23. The minimum Gasteiger partial charge on any atom is -0.494 e. The third kappa shape index (κ3) is 4.43. The predicted molar refractivity (Wildman–Crippen MR) is 91.4 cm³/mol. The summed E-state index contributed by atoms with van der Waals surface area (Å²) in [5.74, 6) is -1.05. The molecule has 25 heavy (non-hydrogen) atoms. The molecular weight excluding hydrogens is 329 g/mol. The Morgan fingerprint density at radius 1 is 1.28 bits per heavy atom. The Morgan fingerprint density at radius 3 is 2.52 bits per heavy atom. The molecule has 0 unspecified atom stereocenters. The molecule has 0 heterocycles. The molecule has 1 amide bonds. The minimum absolute atomic E-state index is 0.0836. The van der Waals surface area contributed by atoms with Crippen LogP contribution in [0.5, 0.6) is 5.75 Å². The number of methoxy groups -OCH3 is 1. The van der Waals surface area contributed by atoms with E-state index < -0.39 is 10.7 Å². The number of nitrogens with one attached hydrogen (secondary N) is 2. The highest BCUT2D eigenvalue weighted by Crippen LogP contribution is 2.32. The molecule has 0 saturated heterocycles. The molecule has 2 aromatic carbocycles. The number of ether oxygens (including phenoxy) is 1. The molecule has 0 saturated carbocycles. The summed E-state index contributed by atoms with van der Waals surface area (Å²) in [5, 5.41) is 16.7. The molecule has 132 valence electrons. The van der Waals surface area contributed by atoms with Crippen molar-refractivity contribution in [1.29, 1.82) is 0 Å². The van der Waals surface area contributed by atoms with Gasteiger partial charge in [-0.1, -0.05) is 12.1 Å². The lowest BCUT2D eigenvalue weighted by atomic mass is 10.1. The number of hydrogen-bond donors (Lipinski definition) is 2. The van der Waals surface area contributed by atoms with Gasteiger partial charge < -0.3 is 15.4 Å². The fourth-order valence-electron chi connectivity index (χ4n) is 2.23. The number of halogens is 1.